The van der Waals surface area contributed by atoms with Crippen LogP contribution in [0.1, 0.15) is 38.4 Å². The lowest BCUT2D eigenvalue weighted by atomic mass is 10.1. The Morgan fingerprint density at radius 2 is 2.28 bits per heavy atom. The lowest BCUT2D eigenvalue weighted by Gasteiger charge is -2.31. The molecule has 18 heavy (non-hydrogen) atoms. The molecule has 0 aromatic carbocycles. The molecule has 1 aromatic heterocycles. The maximum atomic E-state index is 5.67. The second-order valence-electron chi connectivity index (χ2n) is 4.71. The number of anilines is 1. The van der Waals surface area contributed by atoms with Crippen LogP contribution in [0.4, 0.5) is 5.13 Å². The Kier molecular flexibility index (Phi) is 4.97. The van der Waals surface area contributed by atoms with Crippen molar-refractivity contribution in [3.05, 3.63) is 11.1 Å². The van der Waals surface area contributed by atoms with Crippen LogP contribution in [0, 0.1) is 0 Å². The third kappa shape index (κ3) is 3.22. The Hall–Kier alpha value is -0.650. The van der Waals surface area contributed by atoms with E-state index in [-0.39, 0.29) is 0 Å². The zero-order valence-electron chi connectivity index (χ0n) is 11.5. The Balaban J connectivity index is 1.91. The van der Waals surface area contributed by atoms with Crippen molar-refractivity contribution in [2.75, 3.05) is 31.6 Å². The molecule has 2 heterocycles. The van der Waals surface area contributed by atoms with Gasteiger partial charge in [-0.15, -0.1) is 11.3 Å². The predicted octanol–water partition coefficient (Wildman–Crippen LogP) is 2.43. The average molecular weight is 269 g/mol. The van der Waals surface area contributed by atoms with E-state index >= 15 is 0 Å². The summed E-state index contributed by atoms with van der Waals surface area (Å²) in [5.41, 5.74) is 1.14. The maximum Gasteiger partial charge on any atom is 0.185 e. The lowest BCUT2D eigenvalue weighted by Crippen LogP contribution is -2.37. The molecule has 1 aliphatic rings. The fourth-order valence-electron chi connectivity index (χ4n) is 2.22. The van der Waals surface area contributed by atoms with E-state index in [9.17, 15) is 0 Å². The molecule has 1 aliphatic heterocycles. The normalized spacial score (nSPS) is 19.2. The minimum atomic E-state index is 0.330. The molecule has 1 saturated heterocycles. The van der Waals surface area contributed by atoms with Crippen molar-refractivity contribution in [3.8, 4) is 0 Å². The standard InChI is InChI=1S/C13H23N3OS/c1-4-17-11-5-7-16(8-6-11)13-15-12(9-18-13)10(2)14-3/h9-11,14H,4-8H2,1-3H3. The number of hydrogen-bond acceptors (Lipinski definition) is 5. The fraction of sp³-hybridized carbons (Fsp3) is 0.769. The van der Waals surface area contributed by atoms with Gasteiger partial charge in [-0.25, -0.2) is 4.98 Å². The van der Waals surface area contributed by atoms with Gasteiger partial charge in [-0.05, 0) is 33.7 Å². The first-order valence-electron chi connectivity index (χ1n) is 6.73. The van der Waals surface area contributed by atoms with Gasteiger partial charge in [0.1, 0.15) is 0 Å². The van der Waals surface area contributed by atoms with Crippen molar-refractivity contribution < 1.29 is 4.74 Å². The van der Waals surface area contributed by atoms with Crippen molar-refractivity contribution in [1.29, 1.82) is 0 Å². The molecule has 0 bridgehead atoms. The van der Waals surface area contributed by atoms with Gasteiger partial charge in [-0.2, -0.15) is 0 Å². The van der Waals surface area contributed by atoms with E-state index in [1.165, 1.54) is 0 Å². The smallest absolute Gasteiger partial charge is 0.185 e. The van der Waals surface area contributed by atoms with Crippen LogP contribution in [0.15, 0.2) is 5.38 Å². The number of hydrogen-bond donors (Lipinski definition) is 1. The van der Waals surface area contributed by atoms with Crippen LogP contribution in [0.2, 0.25) is 0 Å². The fourth-order valence-corrected chi connectivity index (χ4v) is 3.19. The Bertz CT molecular complexity index is 361. The molecule has 1 unspecified atom stereocenters. The predicted molar refractivity (Wildman–Crippen MR) is 76.4 cm³/mol. The molecule has 4 nitrogen and oxygen atoms in total. The van der Waals surface area contributed by atoms with Gasteiger partial charge in [0.05, 0.1) is 11.8 Å². The SMILES string of the molecule is CCOC1CCN(c2nc(C(C)NC)cs2)CC1. The highest BCUT2D eigenvalue weighted by atomic mass is 32.1. The summed E-state index contributed by atoms with van der Waals surface area (Å²) < 4.78 is 5.67. The van der Waals surface area contributed by atoms with E-state index < -0.39 is 0 Å². The van der Waals surface area contributed by atoms with Crippen molar-refractivity contribution in [2.24, 2.45) is 0 Å². The van der Waals surface area contributed by atoms with Gasteiger partial charge in [-0.3, -0.25) is 0 Å². The second kappa shape index (κ2) is 6.50. The quantitative estimate of drug-likeness (QED) is 0.891. The topological polar surface area (TPSA) is 37.4 Å². The van der Waals surface area contributed by atoms with Crippen LogP contribution < -0.4 is 10.2 Å². The van der Waals surface area contributed by atoms with E-state index in [4.69, 9.17) is 9.72 Å². The number of rotatable bonds is 5. The number of piperidine rings is 1. The van der Waals surface area contributed by atoms with Gasteiger partial charge < -0.3 is 15.0 Å². The Morgan fingerprint density at radius 1 is 1.56 bits per heavy atom. The highest BCUT2D eigenvalue weighted by molar-refractivity contribution is 7.13. The van der Waals surface area contributed by atoms with Gasteiger partial charge in [0.15, 0.2) is 5.13 Å². The first kappa shape index (κ1) is 13.8. The third-order valence-corrected chi connectivity index (χ3v) is 4.42. The summed E-state index contributed by atoms with van der Waals surface area (Å²) in [7, 11) is 1.97. The molecular formula is C13H23N3OS. The largest absolute Gasteiger partial charge is 0.378 e. The first-order chi connectivity index (χ1) is 8.74. The van der Waals surface area contributed by atoms with Crippen LogP contribution in [-0.2, 0) is 4.74 Å². The van der Waals surface area contributed by atoms with Gasteiger partial charge >= 0.3 is 0 Å². The monoisotopic (exact) mass is 269 g/mol. The summed E-state index contributed by atoms with van der Waals surface area (Å²) in [6, 6.07) is 0.330. The first-order valence-corrected chi connectivity index (χ1v) is 7.61. The maximum absolute atomic E-state index is 5.67. The van der Waals surface area contributed by atoms with Crippen LogP contribution in [-0.4, -0.2) is 37.8 Å². The van der Waals surface area contributed by atoms with Crippen molar-refractivity contribution in [3.63, 3.8) is 0 Å². The van der Waals surface area contributed by atoms with Crippen LogP contribution in [0.25, 0.3) is 0 Å². The molecule has 2 rings (SSSR count). The summed E-state index contributed by atoms with van der Waals surface area (Å²) in [4.78, 5) is 7.10. The van der Waals surface area contributed by atoms with Gasteiger partial charge in [0, 0.05) is 31.1 Å². The highest BCUT2D eigenvalue weighted by Gasteiger charge is 2.21. The Labute approximate surface area is 113 Å². The van der Waals surface area contributed by atoms with E-state index in [0.717, 1.165) is 43.4 Å². The zero-order chi connectivity index (χ0) is 13.0. The second-order valence-corrected chi connectivity index (χ2v) is 5.54. The third-order valence-electron chi connectivity index (χ3n) is 3.50. The van der Waals surface area contributed by atoms with Crippen LogP contribution >= 0.6 is 11.3 Å². The van der Waals surface area contributed by atoms with Crippen molar-refractivity contribution in [1.82, 2.24) is 10.3 Å². The molecule has 102 valence electrons. The lowest BCUT2D eigenvalue weighted by molar-refractivity contribution is 0.0459. The summed E-state index contributed by atoms with van der Waals surface area (Å²) in [5.74, 6) is 0. The molecule has 0 saturated carbocycles. The number of thiazole rings is 1. The summed E-state index contributed by atoms with van der Waals surface area (Å²) in [5, 5.41) is 6.54. The average Bonchev–Trinajstić information content (AvgIpc) is 2.89. The molecule has 0 amide bonds. The van der Waals surface area contributed by atoms with Crippen molar-refractivity contribution >= 4 is 16.5 Å². The number of aromatic nitrogens is 1. The number of ether oxygens (including phenoxy) is 1. The van der Waals surface area contributed by atoms with E-state index in [2.05, 4.69) is 29.4 Å². The van der Waals surface area contributed by atoms with E-state index in [1.807, 2.05) is 7.05 Å². The molecular weight excluding hydrogens is 246 g/mol. The zero-order valence-corrected chi connectivity index (χ0v) is 12.3. The Morgan fingerprint density at radius 3 is 2.89 bits per heavy atom. The molecule has 1 fully saturated rings. The van der Waals surface area contributed by atoms with Crippen molar-refractivity contribution in [2.45, 2.75) is 38.8 Å². The summed E-state index contributed by atoms with van der Waals surface area (Å²) in [6.07, 6.45) is 2.68. The summed E-state index contributed by atoms with van der Waals surface area (Å²) >= 11 is 1.75. The molecule has 0 aliphatic carbocycles. The number of nitrogens with zero attached hydrogens (tertiary/aromatic N) is 2. The molecule has 1 atom stereocenters. The van der Waals surface area contributed by atoms with Gasteiger partial charge in [0.2, 0.25) is 0 Å². The van der Waals surface area contributed by atoms with Crippen LogP contribution in [0.5, 0.6) is 0 Å². The molecule has 1 N–H and O–H groups in total. The van der Waals surface area contributed by atoms with Gasteiger partial charge in [0.25, 0.3) is 0 Å². The molecule has 0 radical (unpaired) electrons. The minimum absolute atomic E-state index is 0.330. The van der Waals surface area contributed by atoms with E-state index in [0.29, 0.717) is 12.1 Å². The van der Waals surface area contributed by atoms with Gasteiger partial charge in [-0.1, -0.05) is 0 Å². The molecule has 1 aromatic rings. The van der Waals surface area contributed by atoms with E-state index in [1.54, 1.807) is 11.3 Å². The minimum Gasteiger partial charge on any atom is -0.378 e. The highest BCUT2D eigenvalue weighted by Crippen LogP contribution is 2.27. The molecule has 5 heteroatoms. The van der Waals surface area contributed by atoms with Crippen LogP contribution in [0.3, 0.4) is 0 Å². The number of nitrogens with one attached hydrogen (secondary N) is 1. The molecule has 0 spiro atoms. The summed E-state index contributed by atoms with van der Waals surface area (Å²) in [6.45, 7) is 7.15.